The molecule has 2 aliphatic heterocycles. The number of fused-ring (bicyclic) bond motifs is 1. The molecular weight excluding hydrogens is 495 g/mol. The van der Waals surface area contributed by atoms with E-state index in [4.69, 9.17) is 26.0 Å². The molecule has 0 unspecified atom stereocenters. The Morgan fingerprint density at radius 2 is 1.83 bits per heavy atom. The fourth-order valence-corrected chi connectivity index (χ4v) is 3.81. The van der Waals surface area contributed by atoms with E-state index in [1.54, 1.807) is 6.07 Å². The SMILES string of the molecule is COc1ccc2c(c1)C(CCN1OC(=O)C(=O)ON(c3ccc(Cl)c(C(F)(F)F)c3)C1=O)=NCC2. The van der Waals surface area contributed by atoms with Crippen LogP contribution in [0.15, 0.2) is 41.4 Å². The molecular formula is C22H17ClF3N3O6. The first kappa shape index (κ1) is 24.3. The molecule has 0 aliphatic carbocycles. The van der Waals surface area contributed by atoms with Gasteiger partial charge >= 0.3 is 24.1 Å². The van der Waals surface area contributed by atoms with E-state index in [9.17, 15) is 27.6 Å². The second-order valence-corrected chi connectivity index (χ2v) is 7.86. The molecule has 2 heterocycles. The minimum absolute atomic E-state index is 0.107. The maximum Gasteiger partial charge on any atom is 0.444 e. The molecule has 1 fully saturated rings. The first-order valence-corrected chi connectivity index (χ1v) is 10.6. The zero-order valence-electron chi connectivity index (χ0n) is 18.1. The van der Waals surface area contributed by atoms with Crippen LogP contribution in [0.1, 0.15) is 23.1 Å². The summed E-state index contributed by atoms with van der Waals surface area (Å²) in [5, 5.41) is 0.160. The molecule has 13 heteroatoms. The lowest BCUT2D eigenvalue weighted by Crippen LogP contribution is -2.42. The molecule has 1 saturated heterocycles. The van der Waals surface area contributed by atoms with Crippen molar-refractivity contribution in [2.45, 2.75) is 19.0 Å². The van der Waals surface area contributed by atoms with Crippen molar-refractivity contribution in [1.29, 1.82) is 0 Å². The fraction of sp³-hybridized carbons (Fsp3) is 0.273. The van der Waals surface area contributed by atoms with Crippen LogP contribution in [-0.2, 0) is 31.9 Å². The van der Waals surface area contributed by atoms with Gasteiger partial charge in [0.05, 0.1) is 29.9 Å². The van der Waals surface area contributed by atoms with Crippen LogP contribution in [0.4, 0.5) is 23.7 Å². The van der Waals surface area contributed by atoms with Gasteiger partial charge in [-0.1, -0.05) is 17.7 Å². The number of amides is 2. The average Bonchev–Trinajstić information content (AvgIpc) is 2.93. The summed E-state index contributed by atoms with van der Waals surface area (Å²) in [5.41, 5.74) is 0.666. The largest absolute Gasteiger partial charge is 0.497 e. The van der Waals surface area contributed by atoms with E-state index in [1.165, 1.54) is 7.11 Å². The topological polar surface area (TPSA) is 97.7 Å². The van der Waals surface area contributed by atoms with Crippen molar-refractivity contribution in [1.82, 2.24) is 5.06 Å². The number of ether oxygens (including phenoxy) is 1. The van der Waals surface area contributed by atoms with Gasteiger partial charge in [0.25, 0.3) is 0 Å². The molecule has 0 bridgehead atoms. The number of hydrogen-bond acceptors (Lipinski definition) is 7. The predicted molar refractivity (Wildman–Crippen MR) is 116 cm³/mol. The van der Waals surface area contributed by atoms with Crippen LogP contribution in [0.5, 0.6) is 5.75 Å². The van der Waals surface area contributed by atoms with Crippen LogP contribution in [-0.4, -0.2) is 48.9 Å². The molecule has 0 atom stereocenters. The normalized spacial score (nSPS) is 16.3. The average molecular weight is 512 g/mol. The van der Waals surface area contributed by atoms with Gasteiger partial charge in [-0.15, -0.1) is 10.1 Å². The maximum absolute atomic E-state index is 13.3. The summed E-state index contributed by atoms with van der Waals surface area (Å²) in [7, 11) is 1.52. The summed E-state index contributed by atoms with van der Waals surface area (Å²) >= 11 is 5.62. The van der Waals surface area contributed by atoms with Crippen molar-refractivity contribution in [2.24, 2.45) is 4.99 Å². The molecule has 0 saturated carbocycles. The van der Waals surface area contributed by atoms with Crippen LogP contribution < -0.4 is 9.80 Å². The van der Waals surface area contributed by atoms with E-state index in [-0.39, 0.29) is 18.0 Å². The van der Waals surface area contributed by atoms with Crippen molar-refractivity contribution < 1.29 is 42.0 Å². The van der Waals surface area contributed by atoms with Gasteiger partial charge in [-0.05, 0) is 42.3 Å². The number of urea groups is 1. The highest BCUT2D eigenvalue weighted by Crippen LogP contribution is 2.37. The molecule has 184 valence electrons. The van der Waals surface area contributed by atoms with Gasteiger partial charge in [-0.2, -0.15) is 13.2 Å². The van der Waals surface area contributed by atoms with Crippen molar-refractivity contribution in [3.63, 3.8) is 0 Å². The highest BCUT2D eigenvalue weighted by molar-refractivity contribution is 6.32. The second-order valence-electron chi connectivity index (χ2n) is 7.45. The Kier molecular flexibility index (Phi) is 6.57. The Balaban J connectivity index is 1.60. The molecule has 0 aromatic heterocycles. The monoisotopic (exact) mass is 511 g/mol. The fourth-order valence-electron chi connectivity index (χ4n) is 3.59. The molecule has 2 amide bonds. The van der Waals surface area contributed by atoms with Crippen molar-refractivity contribution in [2.75, 3.05) is 25.3 Å². The van der Waals surface area contributed by atoms with Crippen LogP contribution in [0.25, 0.3) is 0 Å². The smallest absolute Gasteiger partial charge is 0.444 e. The molecule has 0 N–H and O–H groups in total. The van der Waals surface area contributed by atoms with E-state index >= 15 is 0 Å². The number of carbonyl (C=O) groups is 3. The Morgan fingerprint density at radius 1 is 1.09 bits per heavy atom. The molecule has 2 aromatic rings. The van der Waals surface area contributed by atoms with Gasteiger partial charge in [0.2, 0.25) is 0 Å². The summed E-state index contributed by atoms with van der Waals surface area (Å²) in [6.07, 6.45) is -4.03. The van der Waals surface area contributed by atoms with Gasteiger partial charge in [0.15, 0.2) is 0 Å². The first-order chi connectivity index (χ1) is 16.6. The lowest BCUT2D eigenvalue weighted by atomic mass is 9.95. The number of methoxy groups -OCH3 is 1. The third kappa shape index (κ3) is 5.02. The summed E-state index contributed by atoms with van der Waals surface area (Å²) in [4.78, 5) is 51.0. The van der Waals surface area contributed by atoms with Gasteiger partial charge in [-0.3, -0.25) is 4.99 Å². The number of hydroxylamine groups is 3. The molecule has 9 nitrogen and oxygen atoms in total. The molecule has 4 rings (SSSR count). The van der Waals surface area contributed by atoms with Crippen LogP contribution >= 0.6 is 11.6 Å². The lowest BCUT2D eigenvalue weighted by molar-refractivity contribution is -0.182. The third-order valence-electron chi connectivity index (χ3n) is 5.27. The number of nitrogens with zero attached hydrogens (tertiary/aromatic N) is 3. The van der Waals surface area contributed by atoms with Crippen LogP contribution in [0, 0.1) is 0 Å². The van der Waals surface area contributed by atoms with E-state index in [0.717, 1.165) is 23.3 Å². The quantitative estimate of drug-likeness (QED) is 0.564. The molecule has 0 radical (unpaired) electrons. The standard InChI is InChI=1S/C22H17ClF3N3O6/c1-33-14-4-2-12-6-8-27-18(15(12)11-14)7-9-28-21(32)29(35-20(31)19(30)34-28)13-3-5-17(23)16(10-13)22(24,25)26/h2-5,10-11H,6-9H2,1H3. The number of halogens is 4. The highest BCUT2D eigenvalue weighted by Gasteiger charge is 2.40. The predicted octanol–water partition coefficient (Wildman–Crippen LogP) is 3.96. The molecule has 2 aromatic carbocycles. The Morgan fingerprint density at radius 3 is 2.54 bits per heavy atom. The molecule has 0 spiro atoms. The van der Waals surface area contributed by atoms with E-state index in [0.29, 0.717) is 35.6 Å². The highest BCUT2D eigenvalue weighted by atomic mass is 35.5. The number of aliphatic imine (C=N–C) groups is 1. The maximum atomic E-state index is 13.3. The zero-order chi connectivity index (χ0) is 25.3. The van der Waals surface area contributed by atoms with Gasteiger partial charge in [0.1, 0.15) is 5.75 Å². The third-order valence-corrected chi connectivity index (χ3v) is 5.60. The summed E-state index contributed by atoms with van der Waals surface area (Å²) in [6, 6.07) is 6.74. The second kappa shape index (κ2) is 9.45. The Hall–Kier alpha value is -3.80. The molecule has 2 aliphatic rings. The lowest BCUT2D eigenvalue weighted by Gasteiger charge is -2.25. The number of hydrogen-bond donors (Lipinski definition) is 0. The van der Waals surface area contributed by atoms with E-state index in [2.05, 4.69) is 4.99 Å². The van der Waals surface area contributed by atoms with Crippen LogP contribution in [0.3, 0.4) is 0 Å². The van der Waals surface area contributed by atoms with Crippen molar-refractivity contribution in [3.8, 4) is 5.75 Å². The number of anilines is 1. The van der Waals surface area contributed by atoms with E-state index in [1.807, 2.05) is 12.1 Å². The number of carbonyl (C=O) groups excluding carboxylic acids is 3. The van der Waals surface area contributed by atoms with Crippen molar-refractivity contribution in [3.05, 3.63) is 58.1 Å². The number of rotatable bonds is 5. The minimum Gasteiger partial charge on any atom is -0.497 e. The summed E-state index contributed by atoms with van der Waals surface area (Å²) in [5.74, 6) is -2.50. The van der Waals surface area contributed by atoms with Gasteiger partial charge in [-0.25, -0.2) is 14.4 Å². The number of benzene rings is 2. The summed E-state index contributed by atoms with van der Waals surface area (Å²) < 4.78 is 45.1. The first-order valence-electron chi connectivity index (χ1n) is 10.2. The van der Waals surface area contributed by atoms with Gasteiger partial charge < -0.3 is 14.4 Å². The summed E-state index contributed by atoms with van der Waals surface area (Å²) in [6.45, 7) is 0.244. The van der Waals surface area contributed by atoms with Crippen LogP contribution in [0.2, 0.25) is 5.02 Å². The number of alkyl halides is 3. The Bertz CT molecular complexity index is 1230. The molecule has 35 heavy (non-hydrogen) atoms. The zero-order valence-corrected chi connectivity index (χ0v) is 18.9. The van der Waals surface area contributed by atoms with E-state index < -0.39 is 40.4 Å². The Labute approximate surface area is 201 Å². The van der Waals surface area contributed by atoms with Crippen molar-refractivity contribution >= 4 is 41.0 Å². The minimum atomic E-state index is -4.84. The van der Waals surface area contributed by atoms with Gasteiger partial charge in [0, 0.05) is 24.2 Å².